The lowest BCUT2D eigenvalue weighted by Crippen LogP contribution is -2.65. The first-order valence-electron chi connectivity index (χ1n) is 5.12. The second-order valence-electron chi connectivity index (χ2n) is 3.92. The average Bonchev–Trinajstić information content (AvgIpc) is 2.20. The van der Waals surface area contributed by atoms with Gasteiger partial charge in [-0.3, -0.25) is 0 Å². The van der Waals surface area contributed by atoms with Crippen molar-refractivity contribution in [3.05, 3.63) is 0 Å². The van der Waals surface area contributed by atoms with Crippen LogP contribution in [-0.4, -0.2) is 53.6 Å². The largest absolute Gasteiger partial charge is 0.390 e. The molecule has 0 rings (SSSR count). The second kappa shape index (κ2) is 4.94. The van der Waals surface area contributed by atoms with Gasteiger partial charge in [-0.2, -0.15) is 0 Å². The number of hydrogen-bond acceptors (Lipinski definition) is 2. The molecule has 0 aliphatic rings. The highest BCUT2D eigenvalue weighted by Gasteiger charge is 2.43. The van der Waals surface area contributed by atoms with Crippen LogP contribution in [0.5, 0.6) is 0 Å². The molecule has 0 unspecified atom stereocenters. The number of hydrogen-bond donors (Lipinski definition) is 2. The molecule has 0 bridgehead atoms. The fraction of sp³-hybridized carbons (Fsp3) is 1.00. The summed E-state index contributed by atoms with van der Waals surface area (Å²) in [5.74, 6) is 0. The molecule has 80 valence electrons. The summed E-state index contributed by atoms with van der Waals surface area (Å²) in [5, 5.41) is 18.8. The summed E-state index contributed by atoms with van der Waals surface area (Å²) in [6.45, 7) is 8.19. The molecule has 0 amide bonds. The van der Waals surface area contributed by atoms with Crippen molar-refractivity contribution in [2.24, 2.45) is 0 Å². The van der Waals surface area contributed by atoms with Crippen molar-refractivity contribution in [2.75, 3.05) is 33.4 Å². The van der Waals surface area contributed by atoms with Crippen LogP contribution < -0.4 is 0 Å². The predicted molar refractivity (Wildman–Crippen MR) is 54.5 cm³/mol. The first-order chi connectivity index (χ1) is 6.05. The van der Waals surface area contributed by atoms with Crippen molar-refractivity contribution in [1.29, 1.82) is 0 Å². The Morgan fingerprint density at radius 2 is 1.38 bits per heavy atom. The van der Waals surface area contributed by atoms with Crippen molar-refractivity contribution in [1.82, 2.24) is 0 Å². The molecule has 0 atom stereocenters. The lowest BCUT2D eigenvalue weighted by molar-refractivity contribution is -0.957. The summed E-state index contributed by atoms with van der Waals surface area (Å²) in [6, 6.07) is 0. The van der Waals surface area contributed by atoms with Crippen molar-refractivity contribution in [3.63, 3.8) is 0 Å². The zero-order valence-electron chi connectivity index (χ0n) is 9.38. The van der Waals surface area contributed by atoms with Crippen LogP contribution in [0.25, 0.3) is 0 Å². The third-order valence-corrected chi connectivity index (χ3v) is 3.79. The number of likely N-dealkylation sites (N-methyl/N-ethyl adjacent to an activating group) is 1. The maximum atomic E-state index is 9.40. The Bertz CT molecular complexity index is 132. The van der Waals surface area contributed by atoms with Crippen LogP contribution in [0.15, 0.2) is 0 Å². The van der Waals surface area contributed by atoms with E-state index >= 15 is 0 Å². The molecule has 3 heteroatoms. The molecule has 0 heterocycles. The highest BCUT2D eigenvalue weighted by atomic mass is 16.3. The van der Waals surface area contributed by atoms with E-state index in [2.05, 4.69) is 20.9 Å². The van der Waals surface area contributed by atoms with Crippen molar-refractivity contribution in [3.8, 4) is 0 Å². The van der Waals surface area contributed by atoms with Crippen molar-refractivity contribution in [2.45, 2.75) is 32.7 Å². The van der Waals surface area contributed by atoms with Gasteiger partial charge in [-0.1, -0.05) is 6.92 Å². The van der Waals surface area contributed by atoms with E-state index in [1.54, 1.807) is 0 Å². The van der Waals surface area contributed by atoms with Gasteiger partial charge in [-0.15, -0.1) is 0 Å². The van der Waals surface area contributed by atoms with Gasteiger partial charge in [0, 0.05) is 6.42 Å². The second-order valence-corrected chi connectivity index (χ2v) is 3.92. The Balaban J connectivity index is 4.87. The van der Waals surface area contributed by atoms with E-state index in [0.29, 0.717) is 0 Å². The number of nitrogens with zero attached hydrogens (tertiary/aromatic N) is 1. The van der Waals surface area contributed by atoms with Gasteiger partial charge in [0.25, 0.3) is 0 Å². The molecule has 2 N–H and O–H groups in total. The minimum Gasteiger partial charge on any atom is -0.390 e. The van der Waals surface area contributed by atoms with E-state index in [-0.39, 0.29) is 18.8 Å². The molecule has 0 aromatic rings. The highest BCUT2D eigenvalue weighted by Crippen LogP contribution is 2.25. The van der Waals surface area contributed by atoms with Crippen LogP contribution in [0.4, 0.5) is 0 Å². The molecule has 0 fully saturated rings. The van der Waals surface area contributed by atoms with Gasteiger partial charge in [0.05, 0.1) is 20.1 Å². The summed E-state index contributed by atoms with van der Waals surface area (Å²) in [7, 11) is 2.09. The molecule has 3 nitrogen and oxygen atoms in total. The first-order valence-corrected chi connectivity index (χ1v) is 5.12. The summed E-state index contributed by atoms with van der Waals surface area (Å²) < 4.78 is 0.733. The molecule has 0 aromatic carbocycles. The van der Waals surface area contributed by atoms with E-state index in [4.69, 9.17) is 0 Å². The molecule has 0 saturated carbocycles. The van der Waals surface area contributed by atoms with Crippen molar-refractivity contribution < 1.29 is 14.7 Å². The summed E-state index contributed by atoms with van der Waals surface area (Å²) in [5.41, 5.74) is -0.372. The van der Waals surface area contributed by atoms with Gasteiger partial charge < -0.3 is 14.7 Å². The number of quaternary nitrogens is 1. The Hall–Kier alpha value is -0.120. The molecule has 0 aliphatic carbocycles. The maximum Gasteiger partial charge on any atom is 0.145 e. The molecule has 0 saturated heterocycles. The van der Waals surface area contributed by atoms with E-state index in [1.807, 2.05) is 6.92 Å². The summed E-state index contributed by atoms with van der Waals surface area (Å²) in [4.78, 5) is 0. The molecule has 0 spiro atoms. The molecule has 0 aromatic heterocycles. The number of aliphatic hydroxyl groups is 2. The smallest absolute Gasteiger partial charge is 0.145 e. The van der Waals surface area contributed by atoms with Crippen LogP contribution in [0, 0.1) is 0 Å². The van der Waals surface area contributed by atoms with E-state index in [1.165, 1.54) is 0 Å². The van der Waals surface area contributed by atoms with Gasteiger partial charge in [-0.25, -0.2) is 0 Å². The quantitative estimate of drug-likeness (QED) is 0.602. The minimum atomic E-state index is -0.372. The van der Waals surface area contributed by atoms with Crippen LogP contribution in [-0.2, 0) is 0 Å². The Morgan fingerprint density at radius 3 is 1.46 bits per heavy atom. The standard InChI is InChI=1S/C10H24NO2/c1-5-10(8-12,9-13)11(4,6-2)7-3/h12-13H,5-9H2,1-4H3/q+1. The van der Waals surface area contributed by atoms with Gasteiger partial charge in [0.15, 0.2) is 0 Å². The number of rotatable bonds is 6. The zero-order valence-corrected chi connectivity index (χ0v) is 9.38. The normalized spacial score (nSPS) is 13.4. The average molecular weight is 190 g/mol. The third-order valence-electron chi connectivity index (χ3n) is 3.79. The molecular formula is C10H24NO2+. The Labute approximate surface area is 81.6 Å². The minimum absolute atomic E-state index is 0.0537. The van der Waals surface area contributed by atoms with Gasteiger partial charge in [0.2, 0.25) is 0 Å². The molecule has 13 heavy (non-hydrogen) atoms. The van der Waals surface area contributed by atoms with E-state index in [0.717, 1.165) is 24.0 Å². The van der Waals surface area contributed by atoms with Gasteiger partial charge >= 0.3 is 0 Å². The SMILES string of the molecule is CCC(CO)(CO)[N+](C)(CC)CC. The topological polar surface area (TPSA) is 40.5 Å². The monoisotopic (exact) mass is 190 g/mol. The fourth-order valence-electron chi connectivity index (χ4n) is 1.89. The van der Waals surface area contributed by atoms with Crippen LogP contribution in [0.3, 0.4) is 0 Å². The van der Waals surface area contributed by atoms with Crippen LogP contribution in [0.1, 0.15) is 27.2 Å². The third kappa shape index (κ3) is 2.03. The Kier molecular flexibility index (Phi) is 4.89. The lowest BCUT2D eigenvalue weighted by atomic mass is 9.93. The van der Waals surface area contributed by atoms with E-state index in [9.17, 15) is 10.2 Å². The fourth-order valence-corrected chi connectivity index (χ4v) is 1.89. The number of aliphatic hydroxyl groups excluding tert-OH is 2. The maximum absolute atomic E-state index is 9.40. The van der Waals surface area contributed by atoms with Gasteiger partial charge in [-0.05, 0) is 13.8 Å². The Morgan fingerprint density at radius 1 is 1.00 bits per heavy atom. The summed E-state index contributed by atoms with van der Waals surface area (Å²) >= 11 is 0. The molecular weight excluding hydrogens is 166 g/mol. The lowest BCUT2D eigenvalue weighted by Gasteiger charge is -2.48. The first kappa shape index (κ1) is 12.9. The summed E-state index contributed by atoms with van der Waals surface area (Å²) in [6.07, 6.45) is 0.804. The molecule has 0 radical (unpaired) electrons. The highest BCUT2D eigenvalue weighted by molar-refractivity contribution is 4.78. The van der Waals surface area contributed by atoms with Crippen LogP contribution in [0.2, 0.25) is 0 Å². The van der Waals surface area contributed by atoms with Gasteiger partial charge in [0.1, 0.15) is 18.8 Å². The molecule has 0 aliphatic heterocycles. The van der Waals surface area contributed by atoms with Crippen LogP contribution >= 0.6 is 0 Å². The zero-order chi connectivity index (χ0) is 10.5. The van der Waals surface area contributed by atoms with E-state index < -0.39 is 0 Å². The predicted octanol–water partition coefficient (Wildman–Crippen LogP) is 0.606. The van der Waals surface area contributed by atoms with Crippen molar-refractivity contribution >= 4 is 0 Å².